The lowest BCUT2D eigenvalue weighted by Crippen LogP contribution is -2.00. The zero-order valence-electron chi connectivity index (χ0n) is 8.75. The molecule has 5 heteroatoms. The SMILES string of the molecule is Fc1ccc(CNc2ccnc(Cl)c2)cc1F. The zero-order chi connectivity index (χ0) is 12.3. The third-order valence-corrected chi connectivity index (χ3v) is 2.41. The zero-order valence-corrected chi connectivity index (χ0v) is 9.51. The Balaban J connectivity index is 2.05. The largest absolute Gasteiger partial charge is 0.381 e. The summed E-state index contributed by atoms with van der Waals surface area (Å²) < 4.78 is 25.6. The number of anilines is 1. The van der Waals surface area contributed by atoms with Crippen molar-refractivity contribution in [3.05, 3.63) is 58.9 Å². The van der Waals surface area contributed by atoms with Crippen molar-refractivity contribution >= 4 is 17.3 Å². The number of rotatable bonds is 3. The van der Waals surface area contributed by atoms with Crippen molar-refractivity contribution in [1.82, 2.24) is 4.98 Å². The Morgan fingerprint density at radius 3 is 2.65 bits per heavy atom. The van der Waals surface area contributed by atoms with Crippen LogP contribution in [0.25, 0.3) is 0 Å². The molecule has 0 radical (unpaired) electrons. The van der Waals surface area contributed by atoms with E-state index in [2.05, 4.69) is 10.3 Å². The molecule has 1 heterocycles. The number of pyridine rings is 1. The summed E-state index contributed by atoms with van der Waals surface area (Å²) >= 11 is 5.71. The maximum absolute atomic E-state index is 12.9. The van der Waals surface area contributed by atoms with Crippen LogP contribution in [-0.2, 0) is 6.54 Å². The standard InChI is InChI=1S/C12H9ClF2N2/c13-12-6-9(3-4-16-12)17-7-8-1-2-10(14)11(15)5-8/h1-6H,7H2,(H,16,17). The summed E-state index contributed by atoms with van der Waals surface area (Å²) in [6.45, 7) is 0.386. The highest BCUT2D eigenvalue weighted by Crippen LogP contribution is 2.14. The van der Waals surface area contributed by atoms with Crippen molar-refractivity contribution in [1.29, 1.82) is 0 Å². The maximum atomic E-state index is 12.9. The van der Waals surface area contributed by atoms with Gasteiger partial charge in [0.1, 0.15) is 5.15 Å². The summed E-state index contributed by atoms with van der Waals surface area (Å²) in [5.41, 5.74) is 1.42. The summed E-state index contributed by atoms with van der Waals surface area (Å²) in [7, 11) is 0. The van der Waals surface area contributed by atoms with Gasteiger partial charge in [0.2, 0.25) is 0 Å². The van der Waals surface area contributed by atoms with E-state index < -0.39 is 11.6 Å². The second-order valence-electron chi connectivity index (χ2n) is 3.47. The Labute approximate surface area is 102 Å². The lowest BCUT2D eigenvalue weighted by molar-refractivity contribution is 0.507. The number of aromatic nitrogens is 1. The van der Waals surface area contributed by atoms with Gasteiger partial charge < -0.3 is 5.32 Å². The molecule has 0 aliphatic heterocycles. The van der Waals surface area contributed by atoms with Gasteiger partial charge in [0.05, 0.1) is 0 Å². The molecule has 2 rings (SSSR count). The molecule has 88 valence electrons. The molecule has 17 heavy (non-hydrogen) atoms. The summed E-state index contributed by atoms with van der Waals surface area (Å²) in [6, 6.07) is 7.18. The predicted molar refractivity (Wildman–Crippen MR) is 62.9 cm³/mol. The van der Waals surface area contributed by atoms with Crippen molar-refractivity contribution in [2.24, 2.45) is 0 Å². The lowest BCUT2D eigenvalue weighted by atomic mass is 10.2. The van der Waals surface area contributed by atoms with Gasteiger partial charge in [-0.3, -0.25) is 0 Å². The van der Waals surface area contributed by atoms with Crippen LogP contribution in [0.2, 0.25) is 5.15 Å². The normalized spacial score (nSPS) is 10.3. The highest BCUT2D eigenvalue weighted by atomic mass is 35.5. The highest BCUT2D eigenvalue weighted by Gasteiger charge is 2.02. The van der Waals surface area contributed by atoms with E-state index in [0.29, 0.717) is 17.3 Å². The molecule has 1 N–H and O–H groups in total. The first kappa shape index (κ1) is 11.8. The fraction of sp³-hybridized carbons (Fsp3) is 0.0833. The second kappa shape index (κ2) is 5.10. The van der Waals surface area contributed by atoms with Crippen LogP contribution >= 0.6 is 11.6 Å². The first-order valence-corrected chi connectivity index (χ1v) is 5.32. The number of nitrogens with zero attached hydrogens (tertiary/aromatic N) is 1. The molecule has 1 aromatic carbocycles. The van der Waals surface area contributed by atoms with Crippen molar-refractivity contribution in [3.8, 4) is 0 Å². The van der Waals surface area contributed by atoms with Crippen molar-refractivity contribution < 1.29 is 8.78 Å². The molecule has 0 fully saturated rings. The summed E-state index contributed by atoms with van der Waals surface area (Å²) in [4.78, 5) is 3.84. The van der Waals surface area contributed by atoms with Crippen LogP contribution in [0.4, 0.5) is 14.5 Å². The van der Waals surface area contributed by atoms with Crippen LogP contribution < -0.4 is 5.32 Å². The van der Waals surface area contributed by atoms with E-state index in [1.165, 1.54) is 6.07 Å². The fourth-order valence-electron chi connectivity index (χ4n) is 1.37. The number of nitrogens with one attached hydrogen (secondary N) is 1. The van der Waals surface area contributed by atoms with Gasteiger partial charge in [-0.15, -0.1) is 0 Å². The quantitative estimate of drug-likeness (QED) is 0.846. The van der Waals surface area contributed by atoms with E-state index in [-0.39, 0.29) is 0 Å². The monoisotopic (exact) mass is 254 g/mol. The van der Waals surface area contributed by atoms with Gasteiger partial charge in [-0.1, -0.05) is 17.7 Å². The van der Waals surface area contributed by atoms with Crippen LogP contribution in [0.15, 0.2) is 36.5 Å². The topological polar surface area (TPSA) is 24.9 Å². The van der Waals surface area contributed by atoms with Gasteiger partial charge >= 0.3 is 0 Å². The molecule has 0 unspecified atom stereocenters. The second-order valence-corrected chi connectivity index (χ2v) is 3.86. The molecule has 0 aliphatic carbocycles. The maximum Gasteiger partial charge on any atom is 0.159 e. The van der Waals surface area contributed by atoms with Gasteiger partial charge in [0, 0.05) is 18.4 Å². The van der Waals surface area contributed by atoms with E-state index >= 15 is 0 Å². The molecular weight excluding hydrogens is 246 g/mol. The molecule has 2 aromatic rings. The third-order valence-electron chi connectivity index (χ3n) is 2.21. The first-order chi connectivity index (χ1) is 8.15. The summed E-state index contributed by atoms with van der Waals surface area (Å²) in [6.07, 6.45) is 1.57. The number of benzene rings is 1. The van der Waals surface area contributed by atoms with E-state index in [9.17, 15) is 8.78 Å². The number of hydrogen-bond donors (Lipinski definition) is 1. The minimum atomic E-state index is -0.850. The van der Waals surface area contributed by atoms with Gasteiger partial charge in [-0.2, -0.15) is 0 Å². The predicted octanol–water partition coefficient (Wildman–Crippen LogP) is 3.63. The fourth-order valence-corrected chi connectivity index (χ4v) is 1.54. The average molecular weight is 255 g/mol. The van der Waals surface area contributed by atoms with Crippen molar-refractivity contribution in [2.75, 3.05) is 5.32 Å². The minimum Gasteiger partial charge on any atom is -0.381 e. The molecule has 0 aliphatic rings. The van der Waals surface area contributed by atoms with Gasteiger partial charge in [0.25, 0.3) is 0 Å². The molecule has 0 atom stereocenters. The third kappa shape index (κ3) is 3.14. The molecule has 0 bridgehead atoms. The molecule has 2 nitrogen and oxygen atoms in total. The van der Waals surface area contributed by atoms with Crippen molar-refractivity contribution in [2.45, 2.75) is 6.54 Å². The molecule has 0 amide bonds. The smallest absolute Gasteiger partial charge is 0.159 e. The number of halogens is 3. The summed E-state index contributed by atoms with van der Waals surface area (Å²) in [5.74, 6) is -1.70. The highest BCUT2D eigenvalue weighted by molar-refractivity contribution is 6.29. The van der Waals surface area contributed by atoms with E-state index in [0.717, 1.165) is 17.8 Å². The lowest BCUT2D eigenvalue weighted by Gasteiger charge is -2.06. The average Bonchev–Trinajstić information content (AvgIpc) is 2.31. The van der Waals surface area contributed by atoms with Crippen LogP contribution in [0.5, 0.6) is 0 Å². The number of hydrogen-bond acceptors (Lipinski definition) is 2. The van der Waals surface area contributed by atoms with Crippen molar-refractivity contribution in [3.63, 3.8) is 0 Å². The Hall–Kier alpha value is -1.68. The molecule has 0 spiro atoms. The minimum absolute atomic E-state index is 0.375. The molecule has 0 saturated heterocycles. The van der Waals surface area contributed by atoms with E-state index in [4.69, 9.17) is 11.6 Å². The van der Waals surface area contributed by atoms with Crippen LogP contribution in [0.1, 0.15) is 5.56 Å². The van der Waals surface area contributed by atoms with E-state index in [1.54, 1.807) is 18.3 Å². The van der Waals surface area contributed by atoms with E-state index in [1.807, 2.05) is 0 Å². The Bertz CT molecular complexity index is 532. The molecule has 1 aromatic heterocycles. The Kier molecular flexibility index (Phi) is 3.54. The van der Waals surface area contributed by atoms with Crippen LogP contribution in [0.3, 0.4) is 0 Å². The Morgan fingerprint density at radius 2 is 1.94 bits per heavy atom. The molecule has 0 saturated carbocycles. The van der Waals surface area contributed by atoms with Gasteiger partial charge in [0.15, 0.2) is 11.6 Å². The van der Waals surface area contributed by atoms with Crippen LogP contribution in [0, 0.1) is 11.6 Å². The van der Waals surface area contributed by atoms with Gasteiger partial charge in [-0.05, 0) is 29.8 Å². The van der Waals surface area contributed by atoms with Gasteiger partial charge in [-0.25, -0.2) is 13.8 Å². The molecular formula is C12H9ClF2N2. The van der Waals surface area contributed by atoms with Crippen LogP contribution in [-0.4, -0.2) is 4.98 Å². The Morgan fingerprint density at radius 1 is 1.12 bits per heavy atom. The first-order valence-electron chi connectivity index (χ1n) is 4.94. The summed E-state index contributed by atoms with van der Waals surface area (Å²) in [5, 5.41) is 3.41.